The zero-order valence-corrected chi connectivity index (χ0v) is 9.01. The maximum absolute atomic E-state index is 11.8. The van der Waals surface area contributed by atoms with E-state index in [2.05, 4.69) is 15.4 Å². The SMILES string of the molecule is Cn1cc(N)cc1C(=O)Nc1ncnn1C. The minimum atomic E-state index is -0.268. The zero-order valence-electron chi connectivity index (χ0n) is 9.01. The molecule has 0 aliphatic rings. The molecule has 3 N–H and O–H groups in total. The van der Waals surface area contributed by atoms with Crippen LogP contribution in [0.5, 0.6) is 0 Å². The summed E-state index contributed by atoms with van der Waals surface area (Å²) in [5, 5.41) is 6.48. The molecule has 0 spiro atoms. The van der Waals surface area contributed by atoms with Crippen LogP contribution in [-0.2, 0) is 14.1 Å². The van der Waals surface area contributed by atoms with Crippen molar-refractivity contribution in [2.75, 3.05) is 11.1 Å². The summed E-state index contributed by atoms with van der Waals surface area (Å²) in [6, 6.07) is 1.60. The Labute approximate surface area is 91.9 Å². The second kappa shape index (κ2) is 3.69. The van der Waals surface area contributed by atoms with E-state index in [0.717, 1.165) is 0 Å². The number of aryl methyl sites for hydroxylation is 2. The number of nitrogens with two attached hydrogens (primary N) is 1. The zero-order chi connectivity index (χ0) is 11.7. The lowest BCUT2D eigenvalue weighted by Crippen LogP contribution is -2.17. The van der Waals surface area contributed by atoms with E-state index in [4.69, 9.17) is 5.73 Å². The normalized spacial score (nSPS) is 10.4. The lowest BCUT2D eigenvalue weighted by molar-refractivity contribution is 0.101. The van der Waals surface area contributed by atoms with E-state index in [0.29, 0.717) is 17.3 Å². The minimum absolute atomic E-state index is 0.268. The van der Waals surface area contributed by atoms with E-state index in [-0.39, 0.29) is 5.91 Å². The second-order valence-electron chi connectivity index (χ2n) is 3.43. The smallest absolute Gasteiger partial charge is 0.274 e. The van der Waals surface area contributed by atoms with Gasteiger partial charge in [-0.25, -0.2) is 4.68 Å². The summed E-state index contributed by atoms with van der Waals surface area (Å²) in [5.74, 6) is 0.125. The Morgan fingerprint density at radius 1 is 1.50 bits per heavy atom. The molecule has 2 aromatic heterocycles. The number of amides is 1. The molecule has 0 saturated carbocycles. The van der Waals surface area contributed by atoms with Crippen molar-refractivity contribution < 1.29 is 4.79 Å². The van der Waals surface area contributed by atoms with Gasteiger partial charge in [-0.05, 0) is 6.07 Å². The van der Waals surface area contributed by atoms with Gasteiger partial charge >= 0.3 is 0 Å². The van der Waals surface area contributed by atoms with E-state index in [1.54, 1.807) is 30.9 Å². The van der Waals surface area contributed by atoms with Crippen molar-refractivity contribution in [1.29, 1.82) is 0 Å². The molecule has 2 heterocycles. The van der Waals surface area contributed by atoms with Gasteiger partial charge in [0.25, 0.3) is 5.91 Å². The Morgan fingerprint density at radius 2 is 2.25 bits per heavy atom. The highest BCUT2D eigenvalue weighted by Gasteiger charge is 2.13. The van der Waals surface area contributed by atoms with Gasteiger partial charge in [0.15, 0.2) is 0 Å². The highest BCUT2D eigenvalue weighted by atomic mass is 16.2. The van der Waals surface area contributed by atoms with Crippen molar-refractivity contribution in [3.63, 3.8) is 0 Å². The fourth-order valence-corrected chi connectivity index (χ4v) is 1.39. The second-order valence-corrected chi connectivity index (χ2v) is 3.43. The Balaban J connectivity index is 2.21. The van der Waals surface area contributed by atoms with Gasteiger partial charge in [-0.2, -0.15) is 10.1 Å². The topological polar surface area (TPSA) is 90.8 Å². The summed E-state index contributed by atoms with van der Waals surface area (Å²) in [5.41, 5.74) is 6.61. The summed E-state index contributed by atoms with van der Waals surface area (Å²) in [6.07, 6.45) is 3.04. The van der Waals surface area contributed by atoms with Gasteiger partial charge in [0.05, 0.1) is 5.69 Å². The third-order valence-corrected chi connectivity index (χ3v) is 2.20. The summed E-state index contributed by atoms with van der Waals surface area (Å²) < 4.78 is 3.13. The quantitative estimate of drug-likeness (QED) is 0.744. The van der Waals surface area contributed by atoms with Gasteiger partial charge < -0.3 is 10.3 Å². The predicted molar refractivity (Wildman–Crippen MR) is 58.8 cm³/mol. The van der Waals surface area contributed by atoms with Crippen LogP contribution in [0.1, 0.15) is 10.5 Å². The molecule has 0 saturated heterocycles. The molecule has 7 nitrogen and oxygen atoms in total. The number of carbonyl (C=O) groups excluding carboxylic acids is 1. The molecule has 0 aromatic carbocycles. The third kappa shape index (κ3) is 1.74. The standard InChI is InChI=1S/C9H12N6O/c1-14-4-6(10)3-7(14)8(16)13-9-11-5-12-15(9)2/h3-5H,10H2,1-2H3,(H,11,12,13,16). The molecular weight excluding hydrogens is 208 g/mol. The molecular formula is C9H12N6O. The summed E-state index contributed by atoms with van der Waals surface area (Å²) >= 11 is 0. The molecule has 7 heteroatoms. The third-order valence-electron chi connectivity index (χ3n) is 2.20. The molecule has 84 valence electrons. The highest BCUT2D eigenvalue weighted by Crippen LogP contribution is 2.10. The molecule has 0 radical (unpaired) electrons. The largest absolute Gasteiger partial charge is 0.397 e. The molecule has 16 heavy (non-hydrogen) atoms. The number of anilines is 2. The number of carbonyl (C=O) groups is 1. The van der Waals surface area contributed by atoms with Crippen LogP contribution in [0, 0.1) is 0 Å². The average Bonchev–Trinajstić information content (AvgIpc) is 2.74. The monoisotopic (exact) mass is 220 g/mol. The fourth-order valence-electron chi connectivity index (χ4n) is 1.39. The van der Waals surface area contributed by atoms with Gasteiger partial charge in [-0.15, -0.1) is 0 Å². The lowest BCUT2D eigenvalue weighted by Gasteiger charge is -2.04. The number of hydrogen-bond donors (Lipinski definition) is 2. The Kier molecular flexibility index (Phi) is 2.35. The highest BCUT2D eigenvalue weighted by molar-refractivity contribution is 6.02. The molecule has 1 amide bonds. The summed E-state index contributed by atoms with van der Waals surface area (Å²) in [7, 11) is 3.45. The van der Waals surface area contributed by atoms with Crippen molar-refractivity contribution in [2.24, 2.45) is 14.1 Å². The molecule has 0 aliphatic heterocycles. The van der Waals surface area contributed by atoms with Crippen LogP contribution in [0.4, 0.5) is 11.6 Å². The van der Waals surface area contributed by atoms with Crippen molar-refractivity contribution in [1.82, 2.24) is 19.3 Å². The van der Waals surface area contributed by atoms with Gasteiger partial charge in [-0.1, -0.05) is 0 Å². The van der Waals surface area contributed by atoms with E-state index < -0.39 is 0 Å². The maximum atomic E-state index is 11.8. The fraction of sp³-hybridized carbons (Fsp3) is 0.222. The van der Waals surface area contributed by atoms with Crippen LogP contribution < -0.4 is 11.1 Å². The summed E-state index contributed by atoms with van der Waals surface area (Å²) in [6.45, 7) is 0. The maximum Gasteiger partial charge on any atom is 0.274 e. The average molecular weight is 220 g/mol. The van der Waals surface area contributed by atoms with Crippen molar-refractivity contribution in [3.8, 4) is 0 Å². The predicted octanol–water partition coefficient (Wildman–Crippen LogP) is -0.0119. The summed E-state index contributed by atoms with van der Waals surface area (Å²) in [4.78, 5) is 15.7. The Bertz CT molecular complexity index is 526. The van der Waals surface area contributed by atoms with E-state index >= 15 is 0 Å². The van der Waals surface area contributed by atoms with Crippen LogP contribution in [0.3, 0.4) is 0 Å². The number of nitrogens with one attached hydrogen (secondary N) is 1. The molecule has 0 atom stereocenters. The van der Waals surface area contributed by atoms with Gasteiger partial charge in [0, 0.05) is 20.3 Å². The van der Waals surface area contributed by atoms with E-state index in [1.807, 2.05) is 0 Å². The van der Waals surface area contributed by atoms with Gasteiger partial charge in [0.1, 0.15) is 12.0 Å². The number of rotatable bonds is 2. The number of aromatic nitrogens is 4. The van der Waals surface area contributed by atoms with Crippen LogP contribution in [0.2, 0.25) is 0 Å². The van der Waals surface area contributed by atoms with Crippen LogP contribution in [0.25, 0.3) is 0 Å². The van der Waals surface area contributed by atoms with Crippen LogP contribution in [0.15, 0.2) is 18.6 Å². The van der Waals surface area contributed by atoms with Crippen molar-refractivity contribution in [3.05, 3.63) is 24.3 Å². The Morgan fingerprint density at radius 3 is 2.75 bits per heavy atom. The molecule has 2 aromatic rings. The Hall–Kier alpha value is -2.31. The first-order valence-corrected chi connectivity index (χ1v) is 4.65. The van der Waals surface area contributed by atoms with Gasteiger partial charge in [0.2, 0.25) is 5.95 Å². The number of hydrogen-bond acceptors (Lipinski definition) is 4. The lowest BCUT2D eigenvalue weighted by atomic mass is 10.4. The van der Waals surface area contributed by atoms with Crippen LogP contribution in [-0.4, -0.2) is 25.2 Å². The van der Waals surface area contributed by atoms with Gasteiger partial charge in [-0.3, -0.25) is 10.1 Å². The molecule has 0 fully saturated rings. The molecule has 0 aliphatic carbocycles. The first-order chi connectivity index (χ1) is 7.58. The number of nitrogen functional groups attached to an aromatic ring is 1. The van der Waals surface area contributed by atoms with Crippen molar-refractivity contribution >= 4 is 17.5 Å². The first-order valence-electron chi connectivity index (χ1n) is 4.65. The first kappa shape index (κ1) is 10.2. The molecule has 0 bridgehead atoms. The minimum Gasteiger partial charge on any atom is -0.397 e. The van der Waals surface area contributed by atoms with Crippen LogP contribution >= 0.6 is 0 Å². The number of nitrogens with zero attached hydrogens (tertiary/aromatic N) is 4. The van der Waals surface area contributed by atoms with E-state index in [1.165, 1.54) is 11.0 Å². The molecule has 2 rings (SSSR count). The van der Waals surface area contributed by atoms with Crippen molar-refractivity contribution in [2.45, 2.75) is 0 Å². The van der Waals surface area contributed by atoms with E-state index in [9.17, 15) is 4.79 Å². The molecule has 0 unspecified atom stereocenters.